The fourth-order valence-electron chi connectivity index (χ4n) is 6.06. The van der Waals surface area contributed by atoms with Gasteiger partial charge in [-0.3, -0.25) is 9.80 Å². The number of benzene rings is 4. The van der Waals surface area contributed by atoms with Crippen LogP contribution in [0.2, 0.25) is 10.0 Å². The van der Waals surface area contributed by atoms with Crippen LogP contribution in [0.15, 0.2) is 72.8 Å². The number of ether oxygens (including phenoxy) is 5. The van der Waals surface area contributed by atoms with Gasteiger partial charge >= 0.3 is 0 Å². The first-order valence-electron chi connectivity index (χ1n) is 16.3. The van der Waals surface area contributed by atoms with Gasteiger partial charge in [0.25, 0.3) is 0 Å². The highest BCUT2D eigenvalue weighted by atomic mass is 35.5. The summed E-state index contributed by atoms with van der Waals surface area (Å²) in [6.07, 6.45) is 0. The minimum absolute atomic E-state index is 0.509. The molecule has 9 heteroatoms. The molecule has 7 nitrogen and oxygen atoms in total. The van der Waals surface area contributed by atoms with E-state index in [4.69, 9.17) is 46.9 Å². The van der Waals surface area contributed by atoms with Crippen molar-refractivity contribution in [3.63, 3.8) is 0 Å². The molecule has 4 aromatic carbocycles. The average Bonchev–Trinajstić information content (AvgIpc) is 3.09. The van der Waals surface area contributed by atoms with Crippen molar-refractivity contribution in [1.29, 1.82) is 0 Å². The highest BCUT2D eigenvalue weighted by Crippen LogP contribution is 2.44. The van der Waals surface area contributed by atoms with Crippen LogP contribution >= 0.6 is 23.2 Å². The zero-order valence-electron chi connectivity index (χ0n) is 27.1. The molecule has 0 aliphatic carbocycles. The fourth-order valence-corrected chi connectivity index (χ4v) is 6.59. The zero-order chi connectivity index (χ0) is 32.6. The molecular weight excluding hydrogens is 635 g/mol. The lowest BCUT2D eigenvalue weighted by molar-refractivity contribution is 0.0321. The van der Waals surface area contributed by atoms with Gasteiger partial charge in [0.2, 0.25) is 0 Å². The molecule has 2 aliphatic rings. The number of rotatable bonds is 12. The molecule has 6 rings (SSSR count). The van der Waals surface area contributed by atoms with Gasteiger partial charge in [0.1, 0.15) is 36.2 Å². The number of hydrogen-bond donors (Lipinski definition) is 0. The van der Waals surface area contributed by atoms with Gasteiger partial charge in [-0.1, -0.05) is 71.7 Å². The highest BCUT2D eigenvalue weighted by molar-refractivity contribution is 6.35. The first kappa shape index (κ1) is 33.6. The lowest BCUT2D eigenvalue weighted by atomic mass is 9.99. The molecule has 0 N–H and O–H groups in total. The van der Waals surface area contributed by atoms with E-state index in [1.807, 2.05) is 60.7 Å². The summed E-state index contributed by atoms with van der Waals surface area (Å²) in [5.41, 5.74) is 5.76. The normalized spacial score (nSPS) is 15.8. The van der Waals surface area contributed by atoms with Crippen molar-refractivity contribution in [1.82, 2.24) is 9.80 Å². The number of nitrogens with zero attached hydrogens (tertiary/aromatic N) is 2. The van der Waals surface area contributed by atoms with E-state index in [2.05, 4.69) is 35.8 Å². The second kappa shape index (κ2) is 16.2. The molecule has 0 bridgehead atoms. The van der Waals surface area contributed by atoms with E-state index in [1.165, 1.54) is 0 Å². The maximum Gasteiger partial charge on any atom is 0.146 e. The van der Waals surface area contributed by atoms with Crippen molar-refractivity contribution in [3.05, 3.63) is 94.0 Å². The van der Waals surface area contributed by atoms with Crippen molar-refractivity contribution in [3.8, 4) is 45.3 Å². The van der Waals surface area contributed by atoms with Crippen LogP contribution in [0.5, 0.6) is 23.0 Å². The first-order valence-corrected chi connectivity index (χ1v) is 17.1. The van der Waals surface area contributed by atoms with E-state index in [1.54, 1.807) is 0 Å². The fraction of sp³-hybridized carbons (Fsp3) is 0.368. The van der Waals surface area contributed by atoms with Crippen molar-refractivity contribution < 1.29 is 23.7 Å². The molecule has 0 radical (unpaired) electrons. The Kier molecular flexibility index (Phi) is 11.6. The topological polar surface area (TPSA) is 52.6 Å². The third kappa shape index (κ3) is 8.23. The van der Waals surface area contributed by atoms with Crippen molar-refractivity contribution in [2.75, 3.05) is 78.9 Å². The van der Waals surface area contributed by atoms with Crippen LogP contribution in [-0.4, -0.2) is 88.7 Å². The van der Waals surface area contributed by atoms with E-state index in [9.17, 15) is 0 Å². The van der Waals surface area contributed by atoms with Gasteiger partial charge in [-0.05, 0) is 60.4 Å². The van der Waals surface area contributed by atoms with Gasteiger partial charge in [0.15, 0.2) is 0 Å². The summed E-state index contributed by atoms with van der Waals surface area (Å²) in [6, 6.07) is 23.7. The Morgan fingerprint density at radius 2 is 0.894 bits per heavy atom. The zero-order valence-corrected chi connectivity index (χ0v) is 28.6. The summed E-state index contributed by atoms with van der Waals surface area (Å²) >= 11 is 14.1. The molecule has 2 fully saturated rings. The third-order valence-corrected chi connectivity index (χ3v) is 9.61. The maximum absolute atomic E-state index is 7.03. The molecule has 0 unspecified atom stereocenters. The Balaban J connectivity index is 1.17. The van der Waals surface area contributed by atoms with E-state index in [-0.39, 0.29) is 0 Å². The molecule has 0 spiro atoms. The standard InChI is InChI=1S/C38H42Cl2N2O5/c1-27-29(7-3-11-33(27)45-25-19-41-15-21-43-22-16-41)31-9-5-13-35(37(31)39)47-36-14-6-10-32(38(36)40)30-8-4-12-34(28(30)2)46-26-20-42-17-23-44-24-18-42/h3-14H,15-26H2,1-2H3. The summed E-state index contributed by atoms with van der Waals surface area (Å²) in [5, 5.41) is 1.02. The number of morpholine rings is 2. The molecule has 0 atom stereocenters. The Morgan fingerprint density at radius 1 is 0.532 bits per heavy atom. The average molecular weight is 678 g/mol. The van der Waals surface area contributed by atoms with E-state index < -0.39 is 0 Å². The molecule has 0 saturated carbocycles. The Morgan fingerprint density at radius 3 is 1.30 bits per heavy atom. The Bertz CT molecular complexity index is 1530. The van der Waals surface area contributed by atoms with Crippen LogP contribution in [0.4, 0.5) is 0 Å². The molecule has 2 saturated heterocycles. The Hall–Kier alpha value is -3.30. The van der Waals surface area contributed by atoms with E-state index in [0.717, 1.165) is 111 Å². The van der Waals surface area contributed by atoms with Crippen LogP contribution in [-0.2, 0) is 9.47 Å². The lowest BCUT2D eigenvalue weighted by Gasteiger charge is -2.26. The van der Waals surface area contributed by atoms with Gasteiger partial charge < -0.3 is 23.7 Å². The second-order valence-corrected chi connectivity index (χ2v) is 12.6. The van der Waals surface area contributed by atoms with Crippen LogP contribution in [0.3, 0.4) is 0 Å². The van der Waals surface area contributed by atoms with Crippen LogP contribution < -0.4 is 14.2 Å². The smallest absolute Gasteiger partial charge is 0.146 e. The minimum atomic E-state index is 0.509. The predicted octanol–water partition coefficient (Wildman–Crippen LogP) is 8.16. The van der Waals surface area contributed by atoms with Crippen molar-refractivity contribution >= 4 is 23.2 Å². The van der Waals surface area contributed by atoms with E-state index >= 15 is 0 Å². The maximum atomic E-state index is 7.03. The molecule has 2 heterocycles. The van der Waals surface area contributed by atoms with E-state index in [0.29, 0.717) is 34.8 Å². The molecule has 2 aliphatic heterocycles. The quantitative estimate of drug-likeness (QED) is 0.150. The predicted molar refractivity (Wildman–Crippen MR) is 189 cm³/mol. The summed E-state index contributed by atoms with van der Waals surface area (Å²) in [4.78, 5) is 4.72. The molecule has 4 aromatic rings. The van der Waals surface area contributed by atoms with Crippen molar-refractivity contribution in [2.24, 2.45) is 0 Å². The second-order valence-electron chi connectivity index (χ2n) is 11.8. The summed E-state index contributed by atoms with van der Waals surface area (Å²) in [7, 11) is 0. The molecule has 248 valence electrons. The summed E-state index contributed by atoms with van der Waals surface area (Å²) in [6.45, 7) is 13.9. The molecular formula is C38H42Cl2N2O5. The van der Waals surface area contributed by atoms with Gasteiger partial charge in [0.05, 0.1) is 36.5 Å². The van der Waals surface area contributed by atoms with Crippen LogP contribution in [0, 0.1) is 13.8 Å². The largest absolute Gasteiger partial charge is 0.492 e. The lowest BCUT2D eigenvalue weighted by Crippen LogP contribution is -2.38. The van der Waals surface area contributed by atoms with Crippen LogP contribution in [0.25, 0.3) is 22.3 Å². The first-order chi connectivity index (χ1) is 23.0. The third-order valence-electron chi connectivity index (χ3n) is 8.83. The number of hydrogen-bond acceptors (Lipinski definition) is 7. The van der Waals surface area contributed by atoms with Crippen LogP contribution in [0.1, 0.15) is 11.1 Å². The molecule has 0 aromatic heterocycles. The number of halogens is 2. The summed E-state index contributed by atoms with van der Waals surface area (Å²) < 4.78 is 29.8. The monoisotopic (exact) mass is 676 g/mol. The highest BCUT2D eigenvalue weighted by Gasteiger charge is 2.19. The van der Waals surface area contributed by atoms with Gasteiger partial charge in [-0.15, -0.1) is 0 Å². The van der Waals surface area contributed by atoms with Gasteiger partial charge in [-0.2, -0.15) is 0 Å². The van der Waals surface area contributed by atoms with Gasteiger partial charge in [-0.25, -0.2) is 0 Å². The van der Waals surface area contributed by atoms with Gasteiger partial charge in [0, 0.05) is 50.4 Å². The molecule has 47 heavy (non-hydrogen) atoms. The SMILES string of the molecule is Cc1c(OCCN2CCOCC2)cccc1-c1cccc(Oc2cccc(-c3cccc(OCCN4CCOCC4)c3C)c2Cl)c1Cl. The summed E-state index contributed by atoms with van der Waals surface area (Å²) in [5.74, 6) is 2.74. The Labute approximate surface area is 287 Å². The van der Waals surface area contributed by atoms with Crippen molar-refractivity contribution in [2.45, 2.75) is 13.8 Å². The molecule has 0 amide bonds. The minimum Gasteiger partial charge on any atom is -0.492 e.